The fourth-order valence-electron chi connectivity index (χ4n) is 9.41. The lowest BCUT2D eigenvalue weighted by Gasteiger charge is -2.47. The number of hydrogen-bond donors (Lipinski definition) is 3. The van der Waals surface area contributed by atoms with Crippen LogP contribution in [0.4, 0.5) is 0 Å². The molecular formula is C48H91N4O14P3. The highest BCUT2D eigenvalue weighted by molar-refractivity contribution is 7.51. The van der Waals surface area contributed by atoms with Gasteiger partial charge >= 0.3 is 13.8 Å². The van der Waals surface area contributed by atoms with E-state index in [1.807, 2.05) is 27.7 Å². The number of rotatable bonds is 22. The number of phosphoric acid groups is 1. The molecule has 3 heterocycles. The van der Waals surface area contributed by atoms with Gasteiger partial charge in [0.2, 0.25) is 13.1 Å². The average Bonchev–Trinajstić information content (AvgIpc) is 3.36. The minimum atomic E-state index is -4.33. The molecule has 3 N–H and O–H groups in total. The number of hydrogen-bond acceptors (Lipinski definition) is 15. The molecule has 7 unspecified atom stereocenters. The molecule has 0 aromatic rings. The van der Waals surface area contributed by atoms with E-state index in [9.17, 15) is 24.5 Å². The summed E-state index contributed by atoms with van der Waals surface area (Å²) in [6.07, 6.45) is -2.94. The van der Waals surface area contributed by atoms with E-state index in [4.69, 9.17) is 54.9 Å². The maximum Gasteiger partial charge on any atom is 0.472 e. The molecule has 0 aromatic heterocycles. The largest absolute Gasteiger partial charge is 0.472 e. The van der Waals surface area contributed by atoms with Gasteiger partial charge in [-0.25, -0.2) is 17.7 Å². The first-order valence-electron chi connectivity index (χ1n) is 25.1. The second-order valence-corrected chi connectivity index (χ2v) is 25.4. The molecule has 3 aliphatic heterocycles. The maximum absolute atomic E-state index is 12.3. The van der Waals surface area contributed by atoms with E-state index >= 15 is 0 Å². The number of phosphoric ester groups is 1. The van der Waals surface area contributed by atoms with Crippen molar-refractivity contribution in [3.63, 3.8) is 0 Å². The molecule has 69 heavy (non-hydrogen) atoms. The van der Waals surface area contributed by atoms with Gasteiger partial charge in [0.25, 0.3) is 0 Å². The van der Waals surface area contributed by atoms with Gasteiger partial charge in [-0.1, -0.05) is 20.8 Å². The Kier molecular flexibility index (Phi) is 28.3. The van der Waals surface area contributed by atoms with E-state index in [-0.39, 0.29) is 47.9 Å². The fourth-order valence-corrected chi connectivity index (χ4v) is 16.2. The van der Waals surface area contributed by atoms with E-state index in [1.54, 1.807) is 20.8 Å². The molecule has 15 atom stereocenters. The summed E-state index contributed by atoms with van der Waals surface area (Å²) in [7, 11) is -6.29. The van der Waals surface area contributed by atoms with Crippen LogP contribution < -0.4 is 0 Å². The van der Waals surface area contributed by atoms with Crippen LogP contribution in [0.3, 0.4) is 0 Å². The normalized spacial score (nSPS) is 32.1. The number of carbonyl (C=O) groups excluding carboxylic acids is 1. The Hall–Kier alpha value is -0.980. The summed E-state index contributed by atoms with van der Waals surface area (Å²) in [5.41, 5.74) is -1.05. The summed E-state index contributed by atoms with van der Waals surface area (Å²) in [5, 5.41) is 21.3. The molecule has 0 aromatic carbocycles. The lowest BCUT2D eigenvalue weighted by Crippen LogP contribution is -2.57. The molecule has 4 aliphatic rings. The Morgan fingerprint density at radius 3 is 1.55 bits per heavy atom. The van der Waals surface area contributed by atoms with Crippen LogP contribution in [0.2, 0.25) is 0 Å². The molecule has 1 aliphatic carbocycles. The molecular weight excluding hydrogens is 949 g/mol. The molecule has 18 nitrogen and oxygen atoms in total. The highest BCUT2D eigenvalue weighted by atomic mass is 31.2. The first kappa shape index (κ1) is 64.1. The fraction of sp³-hybridized carbons (Fsp3) is 0.938. The summed E-state index contributed by atoms with van der Waals surface area (Å²) < 4.78 is 68.5. The number of esters is 1. The van der Waals surface area contributed by atoms with Gasteiger partial charge in [0, 0.05) is 43.4 Å². The zero-order valence-electron chi connectivity index (χ0n) is 44.8. The molecule has 2 bridgehead atoms. The van der Waals surface area contributed by atoms with Crippen LogP contribution >= 0.6 is 24.4 Å². The van der Waals surface area contributed by atoms with E-state index in [0.29, 0.717) is 83.1 Å². The average molecular weight is 1040 g/mol. The van der Waals surface area contributed by atoms with Crippen LogP contribution in [-0.4, -0.2) is 173 Å². The first-order chi connectivity index (χ1) is 32.2. The standard InChI is InChI=1S/2C16H31N2O3P.C16H29O8P/c2*1-11(2)18(12(3)4)22(21-9-8-17-7)16-13(5)10-20-14(6)15(16)19;1-6-14(17)22-16-7-8-20-12(9-13(16)21-10(2)3)15(16)24-25(18,19)23-11(4)5/h2*11-16,19H,8-10H2,1-6H3;10-13,15H,6-9H2,1-5H3,(H,18,19)/t13?,14-,15?,16?,22+;13-,14-,15?,16?,22+;12-,13-,15?,16+/m001/s1. The summed E-state index contributed by atoms with van der Waals surface area (Å²) in [6, 6.07) is 1.32. The van der Waals surface area contributed by atoms with Gasteiger partial charge in [-0.05, 0) is 109 Å². The Balaban J connectivity index is 0.000000356. The molecule has 0 radical (unpaired) electrons. The minimum absolute atomic E-state index is 0.0503. The van der Waals surface area contributed by atoms with Crippen LogP contribution in [0.1, 0.15) is 137 Å². The summed E-state index contributed by atoms with van der Waals surface area (Å²) in [4.78, 5) is 28.9. The van der Waals surface area contributed by atoms with Crippen molar-refractivity contribution in [2.45, 2.75) is 233 Å². The zero-order chi connectivity index (χ0) is 52.6. The summed E-state index contributed by atoms with van der Waals surface area (Å²) in [5.74, 6) is 0.0709. The van der Waals surface area contributed by atoms with Crippen LogP contribution in [0.15, 0.2) is 0 Å². The highest BCUT2D eigenvalue weighted by Crippen LogP contribution is 2.57. The molecule has 0 spiro atoms. The third kappa shape index (κ3) is 18.7. The Morgan fingerprint density at radius 2 is 1.19 bits per heavy atom. The van der Waals surface area contributed by atoms with E-state index in [0.717, 1.165) is 0 Å². The predicted molar refractivity (Wildman–Crippen MR) is 271 cm³/mol. The van der Waals surface area contributed by atoms with Crippen LogP contribution in [-0.2, 0) is 51.1 Å². The van der Waals surface area contributed by atoms with Gasteiger partial charge in [0.1, 0.15) is 42.0 Å². The number of fused-ring (bicyclic) bond motifs is 2. The van der Waals surface area contributed by atoms with Crippen LogP contribution in [0.5, 0.6) is 0 Å². The van der Waals surface area contributed by atoms with Crippen molar-refractivity contribution in [3.05, 3.63) is 22.8 Å². The van der Waals surface area contributed by atoms with Gasteiger partial charge in [-0.3, -0.25) is 23.2 Å². The van der Waals surface area contributed by atoms with Crippen LogP contribution in [0.25, 0.3) is 9.69 Å². The van der Waals surface area contributed by atoms with Crippen molar-refractivity contribution >= 4 is 30.4 Å². The van der Waals surface area contributed by atoms with Gasteiger partial charge < -0.3 is 57.5 Å². The quantitative estimate of drug-likeness (QED) is 0.0403. The second kappa shape index (κ2) is 30.4. The second-order valence-electron chi connectivity index (χ2n) is 20.2. The van der Waals surface area contributed by atoms with Crippen molar-refractivity contribution in [1.29, 1.82) is 0 Å². The molecule has 4 fully saturated rings. The highest BCUT2D eigenvalue weighted by Gasteiger charge is 2.64. The number of aliphatic hydroxyl groups is 2. The minimum Gasteiger partial charge on any atom is -0.453 e. The van der Waals surface area contributed by atoms with E-state index in [1.165, 1.54) is 0 Å². The predicted octanol–water partition coefficient (Wildman–Crippen LogP) is 8.85. The molecule has 3 saturated heterocycles. The topological polar surface area (TPSA) is 193 Å². The summed E-state index contributed by atoms with van der Waals surface area (Å²) >= 11 is 0. The lowest BCUT2D eigenvalue weighted by atomic mass is 9.91. The molecule has 21 heteroatoms. The molecule has 0 amide bonds. The van der Waals surface area contributed by atoms with Crippen molar-refractivity contribution in [1.82, 2.24) is 9.34 Å². The van der Waals surface area contributed by atoms with Crippen molar-refractivity contribution < 1.29 is 66.2 Å². The van der Waals surface area contributed by atoms with E-state index in [2.05, 4.69) is 88.3 Å². The number of nitrogens with zero attached hydrogens (tertiary/aromatic N) is 4. The summed E-state index contributed by atoms with van der Waals surface area (Å²) in [6.45, 7) is 51.2. The Morgan fingerprint density at radius 1 is 0.754 bits per heavy atom. The molecule has 4 rings (SSSR count). The molecule has 402 valence electrons. The van der Waals surface area contributed by atoms with Crippen molar-refractivity contribution in [2.24, 2.45) is 11.8 Å². The third-order valence-corrected chi connectivity index (χ3v) is 19.7. The van der Waals surface area contributed by atoms with Gasteiger partial charge in [0.15, 0.2) is 5.60 Å². The van der Waals surface area contributed by atoms with Crippen LogP contribution in [0, 0.1) is 25.0 Å². The van der Waals surface area contributed by atoms with Crippen molar-refractivity contribution in [2.75, 3.05) is 46.1 Å². The Bertz CT molecular complexity index is 1550. The van der Waals surface area contributed by atoms with E-state index < -0.39 is 72.6 Å². The number of aliphatic hydroxyl groups excluding tert-OH is 2. The maximum atomic E-state index is 12.3. The number of carbonyl (C=O) groups is 1. The zero-order valence-corrected chi connectivity index (χ0v) is 47.5. The third-order valence-electron chi connectivity index (χ3n) is 12.3. The first-order valence-corrected chi connectivity index (χ1v) is 29.1. The smallest absolute Gasteiger partial charge is 0.453 e. The van der Waals surface area contributed by atoms with Gasteiger partial charge in [-0.15, -0.1) is 0 Å². The van der Waals surface area contributed by atoms with Gasteiger partial charge in [-0.2, -0.15) is 0 Å². The van der Waals surface area contributed by atoms with Gasteiger partial charge in [0.05, 0.1) is 73.9 Å². The van der Waals surface area contributed by atoms with Crippen molar-refractivity contribution in [3.8, 4) is 0 Å². The Labute approximate surface area is 418 Å². The SMILES string of the molecule is CCC(=O)O[C@@]12CCO[C@H](C[C@H]1OC(C)C)C2OP(=O)(O)OC(C)C.[C-]#[N+]CCO[P@](C1C(C)CO[C@@H](C)C1O)N(C(C)C)C(C)C.[C-]#[N+]CCO[P@](C1C(O)[C@H](C)OC[C@@H]1C)N(C(C)C)C(C)C. The lowest BCUT2D eigenvalue weighted by molar-refractivity contribution is -0.213. The monoisotopic (exact) mass is 1040 g/mol. The number of ether oxygens (including phenoxy) is 5. The molecule has 1 saturated carbocycles.